The van der Waals surface area contributed by atoms with Gasteiger partial charge in [0, 0.05) is 5.02 Å². The Hall–Kier alpha value is -1.29. The van der Waals surface area contributed by atoms with Gasteiger partial charge in [0.15, 0.2) is 9.84 Å². The maximum Gasteiger partial charge on any atom is 0.193 e. The van der Waals surface area contributed by atoms with E-state index in [1.807, 2.05) is 18.2 Å². The Morgan fingerprint density at radius 2 is 1.60 bits per heavy atom. The SMILES string of the molecule is O=S(=O)(Cc1ccc(Cl)cc1)C(Cl)=Cc1ccccc1. The molecule has 0 N–H and O–H groups in total. The molecule has 0 aliphatic heterocycles. The molecule has 0 heterocycles. The first-order chi connectivity index (χ1) is 9.47. The summed E-state index contributed by atoms with van der Waals surface area (Å²) in [7, 11) is -3.54. The van der Waals surface area contributed by atoms with Gasteiger partial charge in [-0.25, -0.2) is 8.42 Å². The van der Waals surface area contributed by atoms with Crippen molar-refractivity contribution in [3.05, 3.63) is 75.1 Å². The molecule has 0 amide bonds. The van der Waals surface area contributed by atoms with Crippen LogP contribution >= 0.6 is 23.2 Å². The normalized spacial score (nSPS) is 12.4. The first-order valence-corrected chi connectivity index (χ1v) is 8.28. The molecule has 104 valence electrons. The lowest BCUT2D eigenvalue weighted by atomic mass is 10.2. The van der Waals surface area contributed by atoms with Gasteiger partial charge >= 0.3 is 0 Å². The van der Waals surface area contributed by atoms with Gasteiger partial charge in [-0.15, -0.1) is 0 Å². The first kappa shape index (κ1) is 15.1. The molecule has 0 spiro atoms. The van der Waals surface area contributed by atoms with Crippen LogP contribution in [0.3, 0.4) is 0 Å². The lowest BCUT2D eigenvalue weighted by Gasteiger charge is -2.04. The Morgan fingerprint density at radius 1 is 1.00 bits per heavy atom. The van der Waals surface area contributed by atoms with Crippen molar-refractivity contribution < 1.29 is 8.42 Å². The Bertz CT molecular complexity index is 705. The highest BCUT2D eigenvalue weighted by Gasteiger charge is 2.16. The van der Waals surface area contributed by atoms with E-state index in [1.54, 1.807) is 36.4 Å². The van der Waals surface area contributed by atoms with Gasteiger partial charge in [-0.2, -0.15) is 0 Å². The third-order valence-corrected chi connectivity index (χ3v) is 5.14. The van der Waals surface area contributed by atoms with E-state index in [-0.39, 0.29) is 10.1 Å². The fourth-order valence-electron chi connectivity index (χ4n) is 1.64. The molecule has 20 heavy (non-hydrogen) atoms. The number of rotatable bonds is 4. The molecule has 2 aromatic carbocycles. The van der Waals surface area contributed by atoms with Gasteiger partial charge in [0.2, 0.25) is 0 Å². The Balaban J connectivity index is 2.22. The zero-order valence-corrected chi connectivity index (χ0v) is 12.8. The summed E-state index contributed by atoms with van der Waals surface area (Å²) in [6, 6.07) is 15.7. The molecular weight excluding hydrogens is 315 g/mol. The van der Waals surface area contributed by atoms with Crippen molar-refractivity contribution in [2.75, 3.05) is 0 Å². The molecule has 0 fully saturated rings. The van der Waals surface area contributed by atoms with Crippen molar-refractivity contribution >= 4 is 39.1 Å². The van der Waals surface area contributed by atoms with Crippen LogP contribution in [0.1, 0.15) is 11.1 Å². The predicted octanol–water partition coefficient (Wildman–Crippen LogP) is 4.49. The van der Waals surface area contributed by atoms with Gasteiger partial charge in [-0.3, -0.25) is 0 Å². The third-order valence-electron chi connectivity index (χ3n) is 2.65. The van der Waals surface area contributed by atoms with Crippen LogP contribution in [0.5, 0.6) is 0 Å². The average Bonchev–Trinajstić information content (AvgIpc) is 2.42. The van der Waals surface area contributed by atoms with E-state index in [2.05, 4.69) is 0 Å². The van der Waals surface area contributed by atoms with E-state index in [1.165, 1.54) is 6.08 Å². The zero-order chi connectivity index (χ0) is 14.6. The summed E-state index contributed by atoms with van der Waals surface area (Å²) in [6.07, 6.45) is 1.45. The quantitative estimate of drug-likeness (QED) is 0.829. The van der Waals surface area contributed by atoms with Gasteiger partial charge in [0.1, 0.15) is 4.36 Å². The zero-order valence-electron chi connectivity index (χ0n) is 10.5. The minimum absolute atomic E-state index is 0.146. The van der Waals surface area contributed by atoms with E-state index >= 15 is 0 Å². The maximum atomic E-state index is 12.2. The second kappa shape index (κ2) is 6.44. The van der Waals surface area contributed by atoms with Gasteiger partial charge in [0.25, 0.3) is 0 Å². The van der Waals surface area contributed by atoms with Gasteiger partial charge in [-0.1, -0.05) is 65.7 Å². The fraction of sp³-hybridized carbons (Fsp3) is 0.0667. The topological polar surface area (TPSA) is 34.1 Å². The van der Waals surface area contributed by atoms with Crippen LogP contribution in [0.2, 0.25) is 5.02 Å². The van der Waals surface area contributed by atoms with Crippen LogP contribution in [-0.4, -0.2) is 8.42 Å². The second-order valence-electron chi connectivity index (χ2n) is 4.24. The van der Waals surface area contributed by atoms with E-state index in [0.717, 1.165) is 5.56 Å². The van der Waals surface area contributed by atoms with Crippen molar-refractivity contribution in [2.45, 2.75) is 5.75 Å². The van der Waals surface area contributed by atoms with Crippen LogP contribution in [0.4, 0.5) is 0 Å². The Kier molecular flexibility index (Phi) is 4.86. The van der Waals surface area contributed by atoms with Gasteiger partial charge in [0.05, 0.1) is 5.75 Å². The summed E-state index contributed by atoms with van der Waals surface area (Å²) < 4.78 is 24.1. The van der Waals surface area contributed by atoms with Crippen molar-refractivity contribution in [2.24, 2.45) is 0 Å². The first-order valence-electron chi connectivity index (χ1n) is 5.87. The molecule has 0 saturated heterocycles. The average molecular weight is 327 g/mol. The van der Waals surface area contributed by atoms with E-state index < -0.39 is 9.84 Å². The molecule has 0 radical (unpaired) electrons. The lowest BCUT2D eigenvalue weighted by molar-refractivity contribution is 0.603. The predicted molar refractivity (Wildman–Crippen MR) is 84.3 cm³/mol. The van der Waals surface area contributed by atoms with Crippen LogP contribution in [0, 0.1) is 0 Å². The molecule has 0 aliphatic carbocycles. The number of benzene rings is 2. The van der Waals surface area contributed by atoms with Crippen molar-refractivity contribution in [3.63, 3.8) is 0 Å². The van der Waals surface area contributed by atoms with Crippen LogP contribution in [0.15, 0.2) is 59.0 Å². The lowest BCUT2D eigenvalue weighted by Crippen LogP contribution is -2.03. The number of hydrogen-bond acceptors (Lipinski definition) is 2. The smallest absolute Gasteiger partial charge is 0.193 e. The monoisotopic (exact) mass is 326 g/mol. The second-order valence-corrected chi connectivity index (χ2v) is 7.27. The molecule has 5 heteroatoms. The molecule has 2 rings (SSSR count). The summed E-state index contributed by atoms with van der Waals surface area (Å²) >= 11 is 11.7. The fourth-order valence-corrected chi connectivity index (χ4v) is 3.14. The summed E-state index contributed by atoms with van der Waals surface area (Å²) in [5.41, 5.74) is 1.39. The Labute approximate surface area is 128 Å². The van der Waals surface area contributed by atoms with E-state index in [9.17, 15) is 8.42 Å². The van der Waals surface area contributed by atoms with Crippen molar-refractivity contribution in [3.8, 4) is 0 Å². The number of hydrogen-bond donors (Lipinski definition) is 0. The summed E-state index contributed by atoms with van der Waals surface area (Å²) in [6.45, 7) is 0. The molecule has 0 aromatic heterocycles. The molecule has 0 unspecified atom stereocenters. The van der Waals surface area contributed by atoms with Crippen molar-refractivity contribution in [1.29, 1.82) is 0 Å². The third kappa shape index (κ3) is 4.10. The van der Waals surface area contributed by atoms with E-state index in [0.29, 0.717) is 10.6 Å². The highest BCUT2D eigenvalue weighted by atomic mass is 35.5. The van der Waals surface area contributed by atoms with Crippen LogP contribution in [0.25, 0.3) is 6.08 Å². The summed E-state index contributed by atoms with van der Waals surface area (Å²) in [4.78, 5) is 0. The molecule has 0 saturated carbocycles. The molecular formula is C15H12Cl2O2S. The molecule has 0 bridgehead atoms. The molecule has 2 aromatic rings. The minimum Gasteiger partial charge on any atom is -0.222 e. The summed E-state index contributed by atoms with van der Waals surface area (Å²) in [5.74, 6) is -0.146. The van der Waals surface area contributed by atoms with E-state index in [4.69, 9.17) is 23.2 Å². The number of halogens is 2. The Morgan fingerprint density at radius 3 is 2.20 bits per heavy atom. The number of sulfone groups is 1. The summed E-state index contributed by atoms with van der Waals surface area (Å²) in [5, 5.41) is 0.567. The molecule has 2 nitrogen and oxygen atoms in total. The molecule has 0 atom stereocenters. The standard InChI is InChI=1S/C15H12Cl2O2S/c16-14-8-6-13(7-9-14)11-20(18,19)15(17)10-12-4-2-1-3-5-12/h1-10H,11H2. The van der Waals surface area contributed by atoms with Crippen molar-refractivity contribution in [1.82, 2.24) is 0 Å². The minimum atomic E-state index is -3.54. The largest absolute Gasteiger partial charge is 0.222 e. The highest BCUT2D eigenvalue weighted by Crippen LogP contribution is 2.21. The molecule has 0 aliphatic rings. The maximum absolute atomic E-state index is 12.2. The van der Waals surface area contributed by atoms with Crippen LogP contribution < -0.4 is 0 Å². The van der Waals surface area contributed by atoms with Crippen LogP contribution in [-0.2, 0) is 15.6 Å². The van der Waals surface area contributed by atoms with Gasteiger partial charge in [-0.05, 0) is 29.3 Å². The van der Waals surface area contributed by atoms with Gasteiger partial charge < -0.3 is 0 Å². The highest BCUT2D eigenvalue weighted by molar-refractivity contribution is 7.96.